The minimum Gasteiger partial charge on any atom is -0.449 e. The fraction of sp³-hybridized carbons (Fsp3) is 0.688. The molecule has 0 fully saturated rings. The molecule has 0 aliphatic rings. The molecular formula is C16H24F3NO4. The maximum Gasteiger partial charge on any atom is 0.422 e. The number of hydrogen-bond acceptors (Lipinski definition) is 4. The van der Waals surface area contributed by atoms with Crippen LogP contribution in [0.25, 0.3) is 0 Å². The van der Waals surface area contributed by atoms with Crippen LogP contribution >= 0.6 is 0 Å². The van der Waals surface area contributed by atoms with Crippen molar-refractivity contribution in [3.8, 4) is 0 Å². The van der Waals surface area contributed by atoms with Gasteiger partial charge in [0.1, 0.15) is 5.57 Å². The summed E-state index contributed by atoms with van der Waals surface area (Å²) in [5.74, 6) is -3.29. The molecule has 0 saturated carbocycles. The van der Waals surface area contributed by atoms with Gasteiger partial charge in [-0.15, -0.1) is 0 Å². The highest BCUT2D eigenvalue weighted by atomic mass is 19.4. The highest BCUT2D eigenvalue weighted by Crippen LogP contribution is 2.26. The summed E-state index contributed by atoms with van der Waals surface area (Å²) in [6, 6.07) is 0. The summed E-state index contributed by atoms with van der Waals surface area (Å²) < 4.78 is 41.2. The van der Waals surface area contributed by atoms with Gasteiger partial charge in [0.05, 0.1) is 0 Å². The van der Waals surface area contributed by atoms with Crippen molar-refractivity contribution in [2.24, 2.45) is 11.3 Å². The lowest BCUT2D eigenvalue weighted by Gasteiger charge is -2.23. The van der Waals surface area contributed by atoms with Crippen molar-refractivity contribution in [2.75, 3.05) is 0 Å². The molecule has 0 saturated heterocycles. The number of hydrogen-bond donors (Lipinski definition) is 1. The number of amides is 2. The van der Waals surface area contributed by atoms with E-state index >= 15 is 0 Å². The molecule has 0 aromatic carbocycles. The van der Waals surface area contributed by atoms with E-state index in [0.717, 1.165) is 13.3 Å². The van der Waals surface area contributed by atoms with Crippen LogP contribution in [0.2, 0.25) is 0 Å². The van der Waals surface area contributed by atoms with Gasteiger partial charge in [-0.25, -0.2) is 4.79 Å². The summed E-state index contributed by atoms with van der Waals surface area (Å²) in [5.41, 5.74) is -1.70. The quantitative estimate of drug-likeness (QED) is 0.589. The lowest BCUT2D eigenvalue weighted by molar-refractivity contribution is -0.160. The summed E-state index contributed by atoms with van der Waals surface area (Å²) in [4.78, 5) is 34.7. The molecule has 0 bridgehead atoms. The number of rotatable bonds is 6. The Kier molecular flexibility index (Phi) is 7.66. The Morgan fingerprint density at radius 1 is 1.12 bits per heavy atom. The number of alkyl halides is 3. The molecule has 2 unspecified atom stereocenters. The van der Waals surface area contributed by atoms with Crippen molar-refractivity contribution in [2.45, 2.75) is 59.7 Å². The smallest absolute Gasteiger partial charge is 0.422 e. The second-order valence-corrected chi connectivity index (χ2v) is 7.01. The van der Waals surface area contributed by atoms with Crippen LogP contribution < -0.4 is 5.32 Å². The van der Waals surface area contributed by atoms with Crippen molar-refractivity contribution < 1.29 is 32.3 Å². The molecule has 2 amide bonds. The van der Waals surface area contributed by atoms with E-state index < -0.39 is 35.6 Å². The van der Waals surface area contributed by atoms with Crippen LogP contribution in [0.4, 0.5) is 13.2 Å². The van der Waals surface area contributed by atoms with Gasteiger partial charge in [-0.05, 0) is 24.7 Å². The lowest BCUT2D eigenvalue weighted by Crippen LogP contribution is -2.40. The molecule has 2 atom stereocenters. The Morgan fingerprint density at radius 3 is 2.04 bits per heavy atom. The summed E-state index contributed by atoms with van der Waals surface area (Å²) in [5, 5.41) is 2.01. The average Bonchev–Trinajstić information content (AvgIpc) is 2.33. The number of halogens is 3. The van der Waals surface area contributed by atoms with Crippen molar-refractivity contribution in [1.82, 2.24) is 5.32 Å². The molecule has 5 nitrogen and oxygen atoms in total. The minimum atomic E-state index is -4.94. The zero-order chi connectivity index (χ0) is 19.3. The second-order valence-electron chi connectivity index (χ2n) is 7.01. The first-order valence-electron chi connectivity index (χ1n) is 7.44. The summed E-state index contributed by atoms with van der Waals surface area (Å²) >= 11 is 0. The van der Waals surface area contributed by atoms with Crippen molar-refractivity contribution >= 4 is 17.8 Å². The van der Waals surface area contributed by atoms with Gasteiger partial charge in [0.15, 0.2) is 6.10 Å². The van der Waals surface area contributed by atoms with Crippen LogP contribution in [0.1, 0.15) is 47.5 Å². The van der Waals surface area contributed by atoms with Gasteiger partial charge in [-0.3, -0.25) is 14.9 Å². The van der Waals surface area contributed by atoms with Crippen molar-refractivity contribution in [3.63, 3.8) is 0 Å². The Morgan fingerprint density at radius 2 is 1.62 bits per heavy atom. The number of nitrogens with one attached hydrogen (secondary N) is 1. The molecule has 1 N–H and O–H groups in total. The van der Waals surface area contributed by atoms with Gasteiger partial charge in [-0.1, -0.05) is 34.3 Å². The summed E-state index contributed by atoms with van der Waals surface area (Å²) in [6.45, 7) is 11.5. The predicted molar refractivity (Wildman–Crippen MR) is 81.8 cm³/mol. The van der Waals surface area contributed by atoms with E-state index in [0.29, 0.717) is 0 Å². The topological polar surface area (TPSA) is 72.5 Å². The van der Waals surface area contributed by atoms with Crippen LogP contribution in [0.3, 0.4) is 0 Å². The van der Waals surface area contributed by atoms with Crippen LogP contribution in [0.15, 0.2) is 12.2 Å². The molecule has 0 spiro atoms. The first-order chi connectivity index (χ1) is 10.6. The Balaban J connectivity index is 4.48. The highest BCUT2D eigenvalue weighted by Gasteiger charge is 2.39. The molecule has 8 heteroatoms. The number of imide groups is 1. The van der Waals surface area contributed by atoms with E-state index in [4.69, 9.17) is 0 Å². The summed E-state index contributed by atoms with van der Waals surface area (Å²) in [7, 11) is 0. The third-order valence-electron chi connectivity index (χ3n) is 3.00. The molecule has 0 aliphatic carbocycles. The SMILES string of the molecule is C=C(C(=O)OC(C)C(=O)NC(=O)CC(C)CC(C)(C)C)C(F)(F)F. The van der Waals surface area contributed by atoms with Gasteiger partial charge in [0, 0.05) is 6.42 Å². The molecule has 0 aliphatic heterocycles. The monoisotopic (exact) mass is 351 g/mol. The Hall–Kier alpha value is -1.86. The third-order valence-corrected chi connectivity index (χ3v) is 3.00. The standard InChI is InChI=1S/C16H24F3NO4/c1-9(8-15(4,5)6)7-12(21)20-13(22)11(3)24-14(23)10(2)16(17,18)19/h9,11H,2,7-8H2,1,3-6H3,(H,20,21,22). The molecule has 138 valence electrons. The number of ether oxygens (including phenoxy) is 1. The Bertz CT molecular complexity index is 506. The van der Waals surface area contributed by atoms with Gasteiger partial charge in [0.2, 0.25) is 5.91 Å². The largest absolute Gasteiger partial charge is 0.449 e. The minimum absolute atomic E-state index is 0.0145. The maximum atomic E-state index is 12.3. The van der Waals surface area contributed by atoms with E-state index in [-0.39, 0.29) is 17.8 Å². The molecule has 0 heterocycles. The fourth-order valence-corrected chi connectivity index (χ4v) is 2.13. The van der Waals surface area contributed by atoms with E-state index in [1.165, 1.54) is 0 Å². The van der Waals surface area contributed by atoms with Crippen LogP contribution in [-0.2, 0) is 19.1 Å². The van der Waals surface area contributed by atoms with Crippen molar-refractivity contribution in [1.29, 1.82) is 0 Å². The lowest BCUT2D eigenvalue weighted by atomic mass is 9.84. The summed E-state index contributed by atoms with van der Waals surface area (Å²) in [6.07, 6.45) is -5.65. The first-order valence-corrected chi connectivity index (χ1v) is 7.44. The number of esters is 1. The molecule has 0 rings (SSSR count). The normalized spacial score (nSPS) is 14.5. The first kappa shape index (κ1) is 22.1. The zero-order valence-corrected chi connectivity index (χ0v) is 14.5. The predicted octanol–water partition coefficient (Wildman–Crippen LogP) is 3.14. The maximum absolute atomic E-state index is 12.3. The van der Waals surface area contributed by atoms with Crippen LogP contribution in [-0.4, -0.2) is 30.1 Å². The fourth-order valence-electron chi connectivity index (χ4n) is 2.13. The second kappa shape index (κ2) is 8.30. The number of carbonyl (C=O) groups is 3. The molecule has 0 aromatic rings. The molecule has 0 aromatic heterocycles. The molecule has 0 radical (unpaired) electrons. The van der Waals surface area contributed by atoms with Crippen LogP contribution in [0, 0.1) is 11.3 Å². The average molecular weight is 351 g/mol. The zero-order valence-electron chi connectivity index (χ0n) is 14.5. The van der Waals surface area contributed by atoms with Gasteiger partial charge < -0.3 is 4.74 Å². The van der Waals surface area contributed by atoms with Crippen molar-refractivity contribution in [3.05, 3.63) is 12.2 Å². The van der Waals surface area contributed by atoms with Gasteiger partial charge >= 0.3 is 12.1 Å². The van der Waals surface area contributed by atoms with E-state index in [9.17, 15) is 27.6 Å². The molecular weight excluding hydrogens is 327 g/mol. The Labute approximate surface area is 139 Å². The van der Waals surface area contributed by atoms with E-state index in [2.05, 4.69) is 11.3 Å². The van der Waals surface area contributed by atoms with Gasteiger partial charge in [0.25, 0.3) is 5.91 Å². The third kappa shape index (κ3) is 8.69. The van der Waals surface area contributed by atoms with Gasteiger partial charge in [-0.2, -0.15) is 13.2 Å². The molecule has 24 heavy (non-hydrogen) atoms. The van der Waals surface area contributed by atoms with E-state index in [1.54, 1.807) is 0 Å². The highest BCUT2D eigenvalue weighted by molar-refractivity contribution is 5.99. The number of carbonyl (C=O) groups excluding carboxylic acids is 3. The van der Waals surface area contributed by atoms with Crippen LogP contribution in [0.5, 0.6) is 0 Å². The van der Waals surface area contributed by atoms with E-state index in [1.807, 2.05) is 33.0 Å².